The summed E-state index contributed by atoms with van der Waals surface area (Å²) in [7, 11) is 0. The van der Waals surface area contributed by atoms with Crippen molar-refractivity contribution in [3.8, 4) is 28.3 Å². The molecule has 4 heteroatoms. The number of para-hydroxylation sites is 1. The number of rotatable bonds is 3. The molecule has 0 spiro atoms. The Balaban J connectivity index is 1.04. The summed E-state index contributed by atoms with van der Waals surface area (Å²) < 4.78 is 11.5. The number of oxazole rings is 1. The lowest BCUT2D eigenvalue weighted by atomic mass is 9.99. The molecule has 0 atom stereocenters. The van der Waals surface area contributed by atoms with Gasteiger partial charge >= 0.3 is 0 Å². The monoisotopic (exact) mass is 642 g/mol. The number of hydrogen-bond acceptors (Lipinski definition) is 3. The maximum Gasteiger partial charge on any atom is 0.227 e. The third-order valence-electron chi connectivity index (χ3n) is 10.0. The molecule has 0 aliphatic rings. The van der Waals surface area contributed by atoms with Gasteiger partial charge in [0.1, 0.15) is 5.52 Å². The summed E-state index contributed by atoms with van der Waals surface area (Å²) in [6.07, 6.45) is 0. The topological polar surface area (TPSA) is 31.0 Å². The zero-order valence-corrected chi connectivity index (χ0v) is 27.0. The van der Waals surface area contributed by atoms with Crippen molar-refractivity contribution in [3.05, 3.63) is 158 Å². The zero-order valence-electron chi connectivity index (χ0n) is 26.2. The van der Waals surface area contributed by atoms with Gasteiger partial charge in [-0.05, 0) is 87.9 Å². The van der Waals surface area contributed by atoms with Crippen LogP contribution in [0.4, 0.5) is 0 Å². The zero-order chi connectivity index (χ0) is 32.1. The molecule has 0 amide bonds. The first kappa shape index (κ1) is 26.8. The second-order valence-electron chi connectivity index (χ2n) is 12.8. The summed E-state index contributed by atoms with van der Waals surface area (Å²) in [6.45, 7) is 0. The number of aromatic nitrogens is 2. The van der Waals surface area contributed by atoms with Crippen molar-refractivity contribution >= 4 is 86.0 Å². The predicted octanol–water partition coefficient (Wildman–Crippen LogP) is 12.9. The van der Waals surface area contributed by atoms with Crippen LogP contribution in [0.15, 0.2) is 162 Å². The van der Waals surface area contributed by atoms with E-state index in [0.29, 0.717) is 5.89 Å². The first-order valence-electron chi connectivity index (χ1n) is 16.5. The summed E-state index contributed by atoms with van der Waals surface area (Å²) >= 11 is 1.80. The Kier molecular flexibility index (Phi) is 5.54. The molecule has 3 heterocycles. The van der Waals surface area contributed by atoms with Gasteiger partial charge in [0, 0.05) is 47.6 Å². The number of benzene rings is 8. The number of nitrogens with zero attached hydrogens (tertiary/aromatic N) is 2. The predicted molar refractivity (Wildman–Crippen MR) is 207 cm³/mol. The summed E-state index contributed by atoms with van der Waals surface area (Å²) in [5, 5.41) is 9.82. The van der Waals surface area contributed by atoms with Crippen molar-refractivity contribution in [1.29, 1.82) is 0 Å². The molecule has 0 saturated heterocycles. The highest BCUT2D eigenvalue weighted by Crippen LogP contribution is 2.42. The molecule has 0 N–H and O–H groups in total. The molecule has 228 valence electrons. The van der Waals surface area contributed by atoms with Gasteiger partial charge in [-0.1, -0.05) is 97.1 Å². The number of fused-ring (bicyclic) bond motifs is 11. The van der Waals surface area contributed by atoms with Crippen LogP contribution in [0.3, 0.4) is 0 Å². The third kappa shape index (κ3) is 3.98. The van der Waals surface area contributed by atoms with E-state index >= 15 is 0 Å². The largest absolute Gasteiger partial charge is 0.435 e. The summed E-state index contributed by atoms with van der Waals surface area (Å²) in [6, 6.07) is 56.7. The second-order valence-corrected chi connectivity index (χ2v) is 13.8. The lowest BCUT2D eigenvalue weighted by molar-refractivity contribution is 0.623. The van der Waals surface area contributed by atoms with E-state index in [4.69, 9.17) is 9.40 Å². The van der Waals surface area contributed by atoms with Gasteiger partial charge in [-0.15, -0.1) is 11.3 Å². The van der Waals surface area contributed by atoms with E-state index in [0.717, 1.165) is 27.7 Å². The van der Waals surface area contributed by atoms with E-state index in [1.165, 1.54) is 69.3 Å². The van der Waals surface area contributed by atoms with E-state index in [-0.39, 0.29) is 0 Å². The average Bonchev–Trinajstić information content (AvgIpc) is 3.86. The van der Waals surface area contributed by atoms with Crippen molar-refractivity contribution in [3.63, 3.8) is 0 Å². The molecule has 0 aliphatic carbocycles. The van der Waals surface area contributed by atoms with Crippen molar-refractivity contribution < 1.29 is 4.42 Å². The number of thiophene rings is 1. The van der Waals surface area contributed by atoms with Crippen molar-refractivity contribution in [2.75, 3.05) is 0 Å². The quantitative estimate of drug-likeness (QED) is 0.192. The van der Waals surface area contributed by atoms with E-state index in [1.807, 2.05) is 0 Å². The van der Waals surface area contributed by atoms with Crippen LogP contribution in [0.1, 0.15) is 0 Å². The lowest BCUT2D eigenvalue weighted by Gasteiger charge is -2.10. The summed E-state index contributed by atoms with van der Waals surface area (Å²) in [5.41, 5.74) is 8.60. The first-order valence-corrected chi connectivity index (χ1v) is 17.4. The molecular formula is C45H26N2OS. The van der Waals surface area contributed by atoms with Gasteiger partial charge in [0.15, 0.2) is 5.58 Å². The number of hydrogen-bond donors (Lipinski definition) is 0. The Morgan fingerprint density at radius 1 is 0.490 bits per heavy atom. The molecular weight excluding hydrogens is 617 g/mol. The van der Waals surface area contributed by atoms with Crippen LogP contribution in [-0.4, -0.2) is 9.55 Å². The van der Waals surface area contributed by atoms with E-state index in [9.17, 15) is 0 Å². The minimum atomic E-state index is 0.631. The fourth-order valence-corrected chi connectivity index (χ4v) is 8.75. The normalized spacial score (nSPS) is 12.1. The molecule has 11 rings (SSSR count). The van der Waals surface area contributed by atoms with E-state index < -0.39 is 0 Å². The van der Waals surface area contributed by atoms with E-state index in [2.05, 4.69) is 162 Å². The van der Waals surface area contributed by atoms with Crippen molar-refractivity contribution in [2.24, 2.45) is 0 Å². The van der Waals surface area contributed by atoms with Crippen LogP contribution in [0.25, 0.3) is 103 Å². The Morgan fingerprint density at radius 3 is 2.08 bits per heavy atom. The van der Waals surface area contributed by atoms with Crippen LogP contribution in [0.2, 0.25) is 0 Å². The van der Waals surface area contributed by atoms with Gasteiger partial charge < -0.3 is 8.98 Å². The van der Waals surface area contributed by atoms with Gasteiger partial charge in [0.05, 0.1) is 11.0 Å². The fourth-order valence-electron chi connectivity index (χ4n) is 7.67. The molecule has 0 fully saturated rings. The summed E-state index contributed by atoms with van der Waals surface area (Å²) in [4.78, 5) is 5.00. The standard InChI is InChI=1S/C45H26N2OS/c1-2-9-30-25-31(14-13-27(30)7-1)32-18-23-40-37(26-32)42-41(49-40)24-22-38-44(42)48-45(46-38)29-15-19-33(20-16-29)47-39-12-6-5-11-35(39)36-21-17-28-8-3-4-10-34(28)43(36)47/h1-26H. The third-order valence-corrected chi connectivity index (χ3v) is 11.1. The highest BCUT2D eigenvalue weighted by molar-refractivity contribution is 7.26. The van der Waals surface area contributed by atoms with Crippen LogP contribution >= 0.6 is 11.3 Å². The van der Waals surface area contributed by atoms with Crippen LogP contribution in [0.5, 0.6) is 0 Å². The highest BCUT2D eigenvalue weighted by atomic mass is 32.1. The highest BCUT2D eigenvalue weighted by Gasteiger charge is 2.18. The molecule has 8 aromatic carbocycles. The van der Waals surface area contributed by atoms with Gasteiger partial charge in [0.25, 0.3) is 0 Å². The smallest absolute Gasteiger partial charge is 0.227 e. The van der Waals surface area contributed by atoms with Crippen molar-refractivity contribution in [1.82, 2.24) is 9.55 Å². The molecule has 49 heavy (non-hydrogen) atoms. The van der Waals surface area contributed by atoms with Gasteiger partial charge in [0.2, 0.25) is 5.89 Å². The van der Waals surface area contributed by atoms with Crippen LogP contribution in [0, 0.1) is 0 Å². The minimum Gasteiger partial charge on any atom is -0.435 e. The Bertz CT molecular complexity index is 3110. The minimum absolute atomic E-state index is 0.631. The molecule has 0 radical (unpaired) electrons. The van der Waals surface area contributed by atoms with Crippen LogP contribution in [-0.2, 0) is 0 Å². The van der Waals surface area contributed by atoms with Gasteiger partial charge in [-0.3, -0.25) is 0 Å². The maximum absolute atomic E-state index is 6.65. The molecule has 0 bridgehead atoms. The first-order chi connectivity index (χ1) is 24.3. The molecule has 3 nitrogen and oxygen atoms in total. The van der Waals surface area contributed by atoms with Crippen molar-refractivity contribution in [2.45, 2.75) is 0 Å². The maximum atomic E-state index is 6.65. The Morgan fingerprint density at radius 2 is 1.18 bits per heavy atom. The van der Waals surface area contributed by atoms with Gasteiger partial charge in [-0.2, -0.15) is 0 Å². The molecule has 0 saturated carbocycles. The molecule has 3 aromatic heterocycles. The molecule has 0 unspecified atom stereocenters. The fraction of sp³-hybridized carbons (Fsp3) is 0. The average molecular weight is 643 g/mol. The Hall–Kier alpha value is -6.23. The van der Waals surface area contributed by atoms with Gasteiger partial charge in [-0.25, -0.2) is 4.98 Å². The molecule has 11 aromatic rings. The lowest BCUT2D eigenvalue weighted by Crippen LogP contribution is -1.94. The van der Waals surface area contributed by atoms with Crippen LogP contribution < -0.4 is 0 Å². The second kappa shape index (κ2) is 10.1. The van der Waals surface area contributed by atoms with E-state index in [1.54, 1.807) is 11.3 Å². The Labute approximate surface area is 284 Å². The molecule has 0 aliphatic heterocycles. The SMILES string of the molecule is c1ccc2cc(-c3ccc4sc5ccc6nc(-c7ccc(-n8c9ccccc9c9ccc%10ccccc%10c98)cc7)oc6c5c4c3)ccc2c1. The summed E-state index contributed by atoms with van der Waals surface area (Å²) in [5.74, 6) is 0.631.